The highest BCUT2D eigenvalue weighted by Gasteiger charge is 2.65. The minimum atomic E-state index is -0.224. The van der Waals surface area contributed by atoms with Crippen LogP contribution in [0.1, 0.15) is 25.3 Å². The van der Waals surface area contributed by atoms with Gasteiger partial charge in [-0.25, -0.2) is 4.39 Å². The summed E-state index contributed by atoms with van der Waals surface area (Å²) in [4.78, 5) is 0. The molecule has 1 aromatic carbocycles. The summed E-state index contributed by atoms with van der Waals surface area (Å²) < 4.78 is 12.9. The van der Waals surface area contributed by atoms with E-state index in [4.69, 9.17) is 5.73 Å². The van der Waals surface area contributed by atoms with Gasteiger partial charge in [0.2, 0.25) is 0 Å². The Kier molecular flexibility index (Phi) is 2.76. The number of aliphatic hydroxyl groups excluding tert-OH is 1. The first-order chi connectivity index (χ1) is 7.64. The fourth-order valence-electron chi connectivity index (χ4n) is 2.95. The molecule has 1 fully saturated rings. The van der Waals surface area contributed by atoms with E-state index in [2.05, 4.69) is 6.92 Å². The van der Waals surface area contributed by atoms with E-state index in [9.17, 15) is 9.50 Å². The van der Waals surface area contributed by atoms with Crippen molar-refractivity contribution in [1.82, 2.24) is 0 Å². The molecule has 0 spiro atoms. The van der Waals surface area contributed by atoms with Crippen LogP contribution in [-0.2, 0) is 5.41 Å². The standard InChI is InChI=1S/C13H18FNO/c1-2-13(7-12(13,8-15)9-16)10-3-5-11(14)6-4-10/h3-6,16H,2,7-9,15H2,1H3. The van der Waals surface area contributed by atoms with Crippen molar-refractivity contribution in [3.63, 3.8) is 0 Å². The van der Waals surface area contributed by atoms with E-state index >= 15 is 0 Å². The lowest BCUT2D eigenvalue weighted by atomic mass is 9.84. The lowest BCUT2D eigenvalue weighted by molar-refractivity contribution is 0.193. The summed E-state index contributed by atoms with van der Waals surface area (Å²) in [7, 11) is 0. The predicted octanol–water partition coefficient (Wildman–Crippen LogP) is 1.81. The SMILES string of the molecule is CCC1(c2ccc(F)cc2)CC1(CN)CO. The number of halogens is 1. The van der Waals surface area contributed by atoms with Crippen LogP contribution in [-0.4, -0.2) is 18.3 Å². The Morgan fingerprint density at radius 1 is 1.38 bits per heavy atom. The van der Waals surface area contributed by atoms with E-state index in [1.165, 1.54) is 12.1 Å². The van der Waals surface area contributed by atoms with Crippen molar-refractivity contribution < 1.29 is 9.50 Å². The topological polar surface area (TPSA) is 46.2 Å². The molecule has 3 N–H and O–H groups in total. The summed E-state index contributed by atoms with van der Waals surface area (Å²) in [5.41, 5.74) is 6.61. The van der Waals surface area contributed by atoms with Crippen LogP contribution in [0.15, 0.2) is 24.3 Å². The van der Waals surface area contributed by atoms with Crippen LogP contribution in [0.5, 0.6) is 0 Å². The van der Waals surface area contributed by atoms with Crippen molar-refractivity contribution >= 4 is 0 Å². The molecule has 0 aromatic heterocycles. The summed E-state index contributed by atoms with van der Waals surface area (Å²) in [6, 6.07) is 6.57. The van der Waals surface area contributed by atoms with Gasteiger partial charge in [0, 0.05) is 17.4 Å². The van der Waals surface area contributed by atoms with E-state index in [1.54, 1.807) is 0 Å². The van der Waals surface area contributed by atoms with E-state index in [0.29, 0.717) is 6.54 Å². The van der Waals surface area contributed by atoms with Gasteiger partial charge in [-0.2, -0.15) is 0 Å². The molecule has 3 heteroatoms. The molecule has 1 saturated carbocycles. The summed E-state index contributed by atoms with van der Waals surface area (Å²) in [5, 5.41) is 9.49. The third-order valence-electron chi connectivity index (χ3n) is 4.22. The molecule has 1 aliphatic carbocycles. The largest absolute Gasteiger partial charge is 0.396 e. The molecule has 16 heavy (non-hydrogen) atoms. The summed E-state index contributed by atoms with van der Waals surface area (Å²) >= 11 is 0. The van der Waals surface area contributed by atoms with Crippen LogP contribution in [0.4, 0.5) is 4.39 Å². The molecule has 0 heterocycles. The predicted molar refractivity (Wildman–Crippen MR) is 61.6 cm³/mol. The molecule has 2 unspecified atom stereocenters. The summed E-state index contributed by atoms with van der Waals surface area (Å²) in [6.07, 6.45) is 1.82. The zero-order chi connectivity index (χ0) is 11.8. The van der Waals surface area contributed by atoms with Gasteiger partial charge in [-0.15, -0.1) is 0 Å². The molecule has 2 nitrogen and oxygen atoms in total. The maximum atomic E-state index is 12.9. The van der Waals surface area contributed by atoms with Crippen molar-refractivity contribution in [1.29, 1.82) is 0 Å². The smallest absolute Gasteiger partial charge is 0.123 e. The maximum absolute atomic E-state index is 12.9. The van der Waals surface area contributed by atoms with Gasteiger partial charge in [-0.3, -0.25) is 0 Å². The van der Waals surface area contributed by atoms with E-state index in [-0.39, 0.29) is 23.3 Å². The summed E-state index contributed by atoms with van der Waals surface area (Å²) in [6.45, 7) is 2.68. The molecule has 2 atom stereocenters. The average Bonchev–Trinajstić information content (AvgIpc) is 3.00. The van der Waals surface area contributed by atoms with Crippen molar-refractivity contribution in [3.05, 3.63) is 35.6 Å². The van der Waals surface area contributed by atoms with Gasteiger partial charge >= 0.3 is 0 Å². The Morgan fingerprint density at radius 2 is 2.00 bits per heavy atom. The van der Waals surface area contributed by atoms with E-state index in [1.807, 2.05) is 12.1 Å². The van der Waals surface area contributed by atoms with Gasteiger partial charge in [0.15, 0.2) is 0 Å². The van der Waals surface area contributed by atoms with Crippen LogP contribution in [0.3, 0.4) is 0 Å². The van der Waals surface area contributed by atoms with Gasteiger partial charge in [0.25, 0.3) is 0 Å². The Balaban J connectivity index is 2.35. The average molecular weight is 223 g/mol. The van der Waals surface area contributed by atoms with Crippen LogP contribution < -0.4 is 5.73 Å². The highest BCUT2D eigenvalue weighted by Crippen LogP contribution is 2.65. The van der Waals surface area contributed by atoms with Gasteiger partial charge < -0.3 is 10.8 Å². The Morgan fingerprint density at radius 3 is 2.38 bits per heavy atom. The molecule has 0 saturated heterocycles. The quantitative estimate of drug-likeness (QED) is 0.817. The molecule has 0 aliphatic heterocycles. The molecular weight excluding hydrogens is 205 g/mol. The Labute approximate surface area is 95.3 Å². The van der Waals surface area contributed by atoms with Crippen molar-refractivity contribution in [3.8, 4) is 0 Å². The molecular formula is C13H18FNO. The normalized spacial score (nSPS) is 32.8. The molecule has 88 valence electrons. The van der Waals surface area contributed by atoms with Crippen molar-refractivity contribution in [2.24, 2.45) is 11.1 Å². The lowest BCUT2D eigenvalue weighted by Crippen LogP contribution is -2.29. The highest BCUT2D eigenvalue weighted by molar-refractivity contribution is 5.38. The molecule has 0 radical (unpaired) electrons. The fraction of sp³-hybridized carbons (Fsp3) is 0.538. The van der Waals surface area contributed by atoms with Crippen LogP contribution in [0, 0.1) is 11.2 Å². The molecule has 1 aromatic rings. The minimum Gasteiger partial charge on any atom is -0.396 e. The van der Waals surface area contributed by atoms with Crippen LogP contribution in [0.2, 0.25) is 0 Å². The number of benzene rings is 1. The van der Waals surface area contributed by atoms with Crippen LogP contribution in [0.25, 0.3) is 0 Å². The second-order valence-electron chi connectivity index (χ2n) is 4.76. The Bertz CT molecular complexity index is 372. The highest BCUT2D eigenvalue weighted by atomic mass is 19.1. The van der Waals surface area contributed by atoms with Gasteiger partial charge in [0.1, 0.15) is 5.82 Å². The molecule has 0 bridgehead atoms. The van der Waals surface area contributed by atoms with Crippen LogP contribution >= 0.6 is 0 Å². The first-order valence-corrected chi connectivity index (χ1v) is 5.71. The van der Waals surface area contributed by atoms with E-state index < -0.39 is 0 Å². The van der Waals surface area contributed by atoms with Gasteiger partial charge in [-0.05, 0) is 30.5 Å². The zero-order valence-corrected chi connectivity index (χ0v) is 9.54. The molecule has 1 aliphatic rings. The third kappa shape index (κ3) is 1.39. The van der Waals surface area contributed by atoms with E-state index in [0.717, 1.165) is 18.4 Å². The third-order valence-corrected chi connectivity index (χ3v) is 4.22. The first-order valence-electron chi connectivity index (χ1n) is 5.71. The molecule has 0 amide bonds. The van der Waals surface area contributed by atoms with Gasteiger partial charge in [0.05, 0.1) is 6.61 Å². The first kappa shape index (κ1) is 11.6. The lowest BCUT2D eigenvalue weighted by Gasteiger charge is -2.22. The zero-order valence-electron chi connectivity index (χ0n) is 9.54. The molecule has 2 rings (SSSR count). The van der Waals surface area contributed by atoms with Crippen molar-refractivity contribution in [2.45, 2.75) is 25.2 Å². The minimum absolute atomic E-state index is 0.0514. The number of aliphatic hydroxyl groups is 1. The van der Waals surface area contributed by atoms with Gasteiger partial charge in [-0.1, -0.05) is 19.1 Å². The number of hydrogen-bond donors (Lipinski definition) is 2. The second kappa shape index (κ2) is 3.82. The fourth-order valence-corrected chi connectivity index (χ4v) is 2.95. The summed E-state index contributed by atoms with van der Waals surface area (Å²) in [5.74, 6) is -0.224. The monoisotopic (exact) mass is 223 g/mol. The van der Waals surface area contributed by atoms with Crippen molar-refractivity contribution in [2.75, 3.05) is 13.2 Å². The number of rotatable bonds is 4. The number of hydrogen-bond acceptors (Lipinski definition) is 2. The maximum Gasteiger partial charge on any atom is 0.123 e. The Hall–Kier alpha value is -0.930. The second-order valence-corrected chi connectivity index (χ2v) is 4.76. The number of nitrogens with two attached hydrogens (primary N) is 1.